The number of rotatable bonds is 44. The third-order valence-electron chi connectivity index (χ3n) is 9.87. The number of hydrogen-bond acceptors (Lipinski definition) is 11. The summed E-state index contributed by atoms with van der Waals surface area (Å²) in [7, 11) is -9.72. The highest BCUT2D eigenvalue weighted by Crippen LogP contribution is 2.43. The number of esters is 2. The summed E-state index contributed by atoms with van der Waals surface area (Å²) in [6, 6.07) is 0. The van der Waals surface area contributed by atoms with Crippen LogP contribution in [0.15, 0.2) is 72.9 Å². The molecule has 0 aromatic rings. The first-order chi connectivity index (χ1) is 31.1. The number of aliphatic hydroxyl groups is 2. The van der Waals surface area contributed by atoms with E-state index in [2.05, 4.69) is 42.0 Å². The average Bonchev–Trinajstić information content (AvgIpc) is 3.25. The summed E-state index contributed by atoms with van der Waals surface area (Å²) in [6.45, 7) is 3.83. The first kappa shape index (κ1) is 62.5. The average molecular weight is 961 g/mol. The van der Waals surface area contributed by atoms with E-state index in [9.17, 15) is 33.8 Å². The SMILES string of the molecule is CC/C=C\C/C=C\CC(O)/C=C/C=C\C/C=C\C/C=C\CCC(=O)OC[C@H](COP(=O)(O)OC[C@@H](O)COP(=O)(O)O)OC(=O)CCCCCCCCCCCCCCCCCC(C)C. The van der Waals surface area contributed by atoms with Crippen LogP contribution in [0.1, 0.15) is 175 Å². The van der Waals surface area contributed by atoms with Gasteiger partial charge < -0.3 is 34.4 Å². The molecule has 14 nitrogen and oxygen atoms in total. The molecule has 0 aromatic carbocycles. The van der Waals surface area contributed by atoms with Crippen molar-refractivity contribution in [2.45, 2.75) is 193 Å². The second-order valence-corrected chi connectivity index (χ2v) is 19.4. The van der Waals surface area contributed by atoms with E-state index in [1.54, 1.807) is 6.08 Å². The molecule has 0 saturated carbocycles. The molecule has 0 aromatic heterocycles. The number of hydrogen-bond donors (Lipinski definition) is 5. The maximum atomic E-state index is 12.7. The molecule has 0 aliphatic carbocycles. The third kappa shape index (κ3) is 47.8. The molecule has 0 saturated heterocycles. The Bertz CT molecular complexity index is 1450. The molecule has 0 radical (unpaired) electrons. The normalized spacial score (nSPS) is 15.1. The van der Waals surface area contributed by atoms with Gasteiger partial charge in [-0.2, -0.15) is 0 Å². The Morgan fingerprint density at radius 2 is 1.06 bits per heavy atom. The largest absolute Gasteiger partial charge is 0.472 e. The molecule has 0 rings (SSSR count). The highest BCUT2D eigenvalue weighted by molar-refractivity contribution is 7.47. The molecule has 0 spiro atoms. The van der Waals surface area contributed by atoms with Gasteiger partial charge in [-0.1, -0.05) is 190 Å². The molecular weight excluding hydrogens is 874 g/mol. The monoisotopic (exact) mass is 961 g/mol. The molecule has 0 amide bonds. The predicted molar refractivity (Wildman–Crippen MR) is 259 cm³/mol. The molecule has 0 aliphatic heterocycles. The van der Waals surface area contributed by atoms with Crippen molar-refractivity contribution >= 4 is 27.6 Å². The van der Waals surface area contributed by atoms with Gasteiger partial charge in [0.1, 0.15) is 12.7 Å². The summed E-state index contributed by atoms with van der Waals surface area (Å²) in [5, 5.41) is 19.8. The first-order valence-electron chi connectivity index (χ1n) is 24.1. The van der Waals surface area contributed by atoms with Crippen molar-refractivity contribution in [1.82, 2.24) is 0 Å². The van der Waals surface area contributed by atoms with E-state index < -0.39 is 72.3 Å². The van der Waals surface area contributed by atoms with Crippen LogP contribution in [0.25, 0.3) is 0 Å². The predicted octanol–water partition coefficient (Wildman–Crippen LogP) is 11.8. The van der Waals surface area contributed by atoms with E-state index in [-0.39, 0.29) is 12.8 Å². The Morgan fingerprint density at radius 3 is 1.65 bits per heavy atom. The number of unbranched alkanes of at least 4 members (excludes halogenated alkanes) is 14. The van der Waals surface area contributed by atoms with Crippen LogP contribution in [0.3, 0.4) is 0 Å². The van der Waals surface area contributed by atoms with Crippen LogP contribution >= 0.6 is 15.6 Å². The van der Waals surface area contributed by atoms with Gasteiger partial charge in [0, 0.05) is 12.8 Å². The van der Waals surface area contributed by atoms with Crippen LogP contribution in [0, 0.1) is 5.92 Å². The fourth-order valence-electron chi connectivity index (χ4n) is 6.23. The minimum absolute atomic E-state index is 0.0450. The van der Waals surface area contributed by atoms with Gasteiger partial charge >= 0.3 is 27.6 Å². The van der Waals surface area contributed by atoms with Gasteiger partial charge in [0.2, 0.25) is 0 Å². The Hall–Kier alpha value is -2.48. The van der Waals surface area contributed by atoms with Crippen molar-refractivity contribution in [2.24, 2.45) is 5.92 Å². The molecule has 0 fully saturated rings. The zero-order valence-corrected chi connectivity index (χ0v) is 41.6. The second kappa shape index (κ2) is 42.8. The number of aliphatic hydroxyl groups excluding tert-OH is 2. The second-order valence-electron chi connectivity index (χ2n) is 16.7. The lowest BCUT2D eigenvalue weighted by Crippen LogP contribution is -2.29. The number of phosphoric ester groups is 2. The Balaban J connectivity index is 4.61. The Labute approximate surface area is 391 Å². The summed E-state index contributed by atoms with van der Waals surface area (Å²) < 4.78 is 47.8. The highest BCUT2D eigenvalue weighted by Gasteiger charge is 2.28. The summed E-state index contributed by atoms with van der Waals surface area (Å²) in [4.78, 5) is 52.8. The van der Waals surface area contributed by atoms with E-state index in [1.165, 1.54) is 70.6 Å². The van der Waals surface area contributed by atoms with Crippen LogP contribution in [-0.4, -0.2) is 81.6 Å². The Morgan fingerprint density at radius 1 is 0.554 bits per heavy atom. The van der Waals surface area contributed by atoms with Crippen LogP contribution in [-0.2, 0) is 41.8 Å². The molecular formula is C49H86O14P2. The van der Waals surface area contributed by atoms with E-state index >= 15 is 0 Å². The lowest BCUT2D eigenvalue weighted by atomic mass is 10.0. The van der Waals surface area contributed by atoms with Gasteiger partial charge in [0.05, 0.1) is 25.9 Å². The third-order valence-corrected chi connectivity index (χ3v) is 11.3. The van der Waals surface area contributed by atoms with Crippen molar-refractivity contribution in [3.05, 3.63) is 72.9 Å². The summed E-state index contributed by atoms with van der Waals surface area (Å²) >= 11 is 0. The standard InChI is InChI=1S/C49H86O14P2/c1-4-5-6-7-26-31-36-45(50)37-32-27-22-18-15-16-19-23-28-33-38-48(52)59-42-47(43-62-65(57,58)61-41-46(51)40-60-64(54,55)56)63-49(53)39-34-29-24-20-14-12-10-8-9-11-13-17-21-25-30-35-44(2)3/h5-6,15-16,22-23,26-28,31-32,37,44-47,50-51H,4,7-14,17-21,24-25,29-30,33-36,38-43H2,1-3H3,(H,57,58)(H2,54,55,56)/b6-5-,16-15-,27-22-,28-23-,31-26-,37-32+/t45?,46-,47+/m0/s1. The van der Waals surface area contributed by atoms with Crippen molar-refractivity contribution < 1.29 is 66.7 Å². The molecule has 65 heavy (non-hydrogen) atoms. The Kier molecular flexibility index (Phi) is 41.2. The summed E-state index contributed by atoms with van der Waals surface area (Å²) in [6.07, 6.45) is 43.6. The molecule has 0 heterocycles. The minimum Gasteiger partial charge on any atom is -0.462 e. The van der Waals surface area contributed by atoms with Gasteiger partial charge in [0.25, 0.3) is 0 Å². The molecule has 0 bridgehead atoms. The van der Waals surface area contributed by atoms with Crippen molar-refractivity contribution in [2.75, 3.05) is 26.4 Å². The zero-order valence-electron chi connectivity index (χ0n) is 39.8. The van der Waals surface area contributed by atoms with Gasteiger partial charge in [-0.25, -0.2) is 9.13 Å². The van der Waals surface area contributed by atoms with Gasteiger partial charge in [0.15, 0.2) is 6.10 Å². The number of carbonyl (C=O) groups excluding carboxylic acids is 2. The maximum Gasteiger partial charge on any atom is 0.472 e. The molecule has 16 heteroatoms. The molecule has 376 valence electrons. The molecule has 4 atom stereocenters. The summed E-state index contributed by atoms with van der Waals surface area (Å²) in [5.41, 5.74) is 0. The summed E-state index contributed by atoms with van der Waals surface area (Å²) in [5.74, 6) is -0.350. The minimum atomic E-state index is -4.88. The lowest BCUT2D eigenvalue weighted by Gasteiger charge is -2.20. The van der Waals surface area contributed by atoms with E-state index in [0.29, 0.717) is 25.7 Å². The fourth-order valence-corrected chi connectivity index (χ4v) is 7.39. The van der Waals surface area contributed by atoms with Crippen LogP contribution < -0.4 is 0 Å². The van der Waals surface area contributed by atoms with Crippen molar-refractivity contribution in [1.29, 1.82) is 0 Å². The fraction of sp³-hybridized carbons (Fsp3) is 0.714. The van der Waals surface area contributed by atoms with Crippen LogP contribution in [0.4, 0.5) is 0 Å². The zero-order chi connectivity index (χ0) is 48.3. The van der Waals surface area contributed by atoms with E-state index in [1.807, 2.05) is 54.7 Å². The van der Waals surface area contributed by atoms with Gasteiger partial charge in [-0.3, -0.25) is 23.2 Å². The molecule has 5 N–H and O–H groups in total. The van der Waals surface area contributed by atoms with Crippen molar-refractivity contribution in [3.63, 3.8) is 0 Å². The quantitative estimate of drug-likeness (QED) is 0.0126. The molecule has 2 unspecified atom stereocenters. The number of carbonyl (C=O) groups is 2. The van der Waals surface area contributed by atoms with Crippen LogP contribution in [0.2, 0.25) is 0 Å². The number of phosphoric acid groups is 2. The molecule has 0 aliphatic rings. The number of allylic oxidation sites excluding steroid dienone is 10. The smallest absolute Gasteiger partial charge is 0.462 e. The maximum absolute atomic E-state index is 12.7. The van der Waals surface area contributed by atoms with Gasteiger partial charge in [-0.15, -0.1) is 0 Å². The van der Waals surface area contributed by atoms with Crippen LogP contribution in [0.5, 0.6) is 0 Å². The number of ether oxygens (including phenoxy) is 2. The van der Waals surface area contributed by atoms with Gasteiger partial charge in [-0.05, 0) is 50.9 Å². The van der Waals surface area contributed by atoms with E-state index in [4.69, 9.17) is 23.8 Å². The highest BCUT2D eigenvalue weighted by atomic mass is 31.2. The lowest BCUT2D eigenvalue weighted by molar-refractivity contribution is -0.161. The topological polar surface area (TPSA) is 216 Å². The van der Waals surface area contributed by atoms with Crippen molar-refractivity contribution in [3.8, 4) is 0 Å². The first-order valence-corrected chi connectivity index (χ1v) is 27.1. The van der Waals surface area contributed by atoms with E-state index in [0.717, 1.165) is 50.9 Å².